The Kier molecular flexibility index (Phi) is 3.97. The van der Waals surface area contributed by atoms with Crippen molar-refractivity contribution in [1.82, 2.24) is 4.90 Å². The first-order valence-electron chi connectivity index (χ1n) is 6.24. The van der Waals surface area contributed by atoms with E-state index in [4.69, 9.17) is 5.11 Å². The minimum absolute atomic E-state index is 0.323. The lowest BCUT2D eigenvalue weighted by molar-refractivity contribution is 0.0383. The number of likely N-dealkylation sites (tertiary alicyclic amines) is 1. The molecule has 1 fully saturated rings. The summed E-state index contributed by atoms with van der Waals surface area (Å²) in [4.78, 5) is 2.55. The lowest BCUT2D eigenvalue weighted by atomic mass is 9.93. The Morgan fingerprint density at radius 2 is 2.12 bits per heavy atom. The highest BCUT2D eigenvalue weighted by Crippen LogP contribution is 2.32. The van der Waals surface area contributed by atoms with E-state index in [1.54, 1.807) is 0 Å². The van der Waals surface area contributed by atoms with E-state index in [1.807, 2.05) is 0 Å². The Labute approximate surface area is 97.9 Å². The summed E-state index contributed by atoms with van der Waals surface area (Å²) in [5, 5.41) is 8.86. The summed E-state index contributed by atoms with van der Waals surface area (Å²) in [5.74, 6) is 0. The number of hydrogen-bond donors (Lipinski definition) is 1. The molecule has 1 aliphatic rings. The summed E-state index contributed by atoms with van der Waals surface area (Å²) < 4.78 is 0. The van der Waals surface area contributed by atoms with Gasteiger partial charge in [0.05, 0.1) is 0 Å². The van der Waals surface area contributed by atoms with Gasteiger partial charge in [0.25, 0.3) is 0 Å². The van der Waals surface area contributed by atoms with E-state index in [0.29, 0.717) is 18.7 Å². The maximum absolute atomic E-state index is 8.86. The lowest BCUT2D eigenvalue weighted by Crippen LogP contribution is -2.48. The smallest absolute Gasteiger partial charge is 0.0431 e. The molecule has 2 nitrogen and oxygen atoms in total. The molecule has 88 valence electrons. The monoisotopic (exact) mass is 219 g/mol. The second kappa shape index (κ2) is 5.46. The molecule has 1 aromatic rings. The van der Waals surface area contributed by atoms with E-state index in [1.165, 1.54) is 18.5 Å². The highest BCUT2D eigenvalue weighted by atomic mass is 16.2. The average Bonchev–Trinajstić information content (AvgIpc) is 2.29. The fraction of sp³-hybridized carbons (Fsp3) is 0.571. The molecule has 2 rings (SSSR count). The largest absolute Gasteiger partial charge is 0.396 e. The minimum atomic E-state index is 0.323. The molecular formula is C14H21NO. The van der Waals surface area contributed by atoms with Crippen LogP contribution in [0.15, 0.2) is 30.3 Å². The maximum Gasteiger partial charge on any atom is 0.0431 e. The number of hydrogen-bond acceptors (Lipinski definition) is 2. The van der Waals surface area contributed by atoms with E-state index in [2.05, 4.69) is 42.2 Å². The van der Waals surface area contributed by atoms with Crippen molar-refractivity contribution in [1.29, 1.82) is 0 Å². The Morgan fingerprint density at radius 3 is 2.69 bits per heavy atom. The van der Waals surface area contributed by atoms with Crippen LogP contribution in [0.4, 0.5) is 0 Å². The zero-order valence-corrected chi connectivity index (χ0v) is 9.97. The van der Waals surface area contributed by atoms with Crippen LogP contribution in [0.1, 0.15) is 37.8 Å². The molecule has 2 unspecified atom stereocenters. The Balaban J connectivity index is 1.93. The summed E-state index contributed by atoms with van der Waals surface area (Å²) in [7, 11) is 0. The van der Waals surface area contributed by atoms with E-state index >= 15 is 0 Å². The first-order valence-corrected chi connectivity index (χ1v) is 6.24. The van der Waals surface area contributed by atoms with Gasteiger partial charge in [-0.1, -0.05) is 30.3 Å². The normalized spacial score (nSPS) is 22.8. The predicted molar refractivity (Wildman–Crippen MR) is 66.3 cm³/mol. The van der Waals surface area contributed by atoms with Gasteiger partial charge in [0.2, 0.25) is 0 Å². The maximum atomic E-state index is 8.86. The molecule has 2 heteroatoms. The van der Waals surface area contributed by atoms with Crippen molar-refractivity contribution in [3.63, 3.8) is 0 Å². The van der Waals surface area contributed by atoms with Crippen molar-refractivity contribution in [2.45, 2.75) is 38.3 Å². The van der Waals surface area contributed by atoms with E-state index in [-0.39, 0.29) is 0 Å². The van der Waals surface area contributed by atoms with Crippen LogP contribution in [-0.2, 0) is 0 Å². The Bertz CT molecular complexity index is 312. The first kappa shape index (κ1) is 11.6. The highest BCUT2D eigenvalue weighted by Gasteiger charge is 2.31. The molecular weight excluding hydrogens is 198 g/mol. The lowest BCUT2D eigenvalue weighted by Gasteiger charge is -2.45. The Morgan fingerprint density at radius 1 is 1.38 bits per heavy atom. The SMILES string of the molecule is CC(c1ccccc1)N1CCC1CCCO. The van der Waals surface area contributed by atoms with Crippen LogP contribution < -0.4 is 0 Å². The molecule has 1 saturated heterocycles. The molecule has 0 radical (unpaired) electrons. The van der Waals surface area contributed by atoms with Gasteiger partial charge >= 0.3 is 0 Å². The third-order valence-electron chi connectivity index (χ3n) is 3.66. The summed E-state index contributed by atoms with van der Waals surface area (Å²) in [6.07, 6.45) is 3.35. The molecule has 0 bridgehead atoms. The van der Waals surface area contributed by atoms with E-state index < -0.39 is 0 Å². The van der Waals surface area contributed by atoms with Crippen LogP contribution in [0, 0.1) is 0 Å². The molecule has 1 N–H and O–H groups in total. The number of benzene rings is 1. The van der Waals surface area contributed by atoms with Gasteiger partial charge in [-0.3, -0.25) is 4.90 Å². The highest BCUT2D eigenvalue weighted by molar-refractivity contribution is 5.19. The van der Waals surface area contributed by atoms with Gasteiger partial charge in [-0.25, -0.2) is 0 Å². The predicted octanol–water partition coefficient (Wildman–Crippen LogP) is 2.59. The number of aliphatic hydroxyl groups is 1. The number of aliphatic hydroxyl groups excluding tert-OH is 1. The van der Waals surface area contributed by atoms with Gasteiger partial charge in [0.15, 0.2) is 0 Å². The summed E-state index contributed by atoms with van der Waals surface area (Å²) in [6, 6.07) is 11.9. The third-order valence-corrected chi connectivity index (χ3v) is 3.66. The molecule has 1 aromatic carbocycles. The molecule has 0 amide bonds. The van der Waals surface area contributed by atoms with Crippen LogP contribution in [-0.4, -0.2) is 29.2 Å². The summed E-state index contributed by atoms with van der Waals surface area (Å²) in [5.41, 5.74) is 1.40. The molecule has 16 heavy (non-hydrogen) atoms. The fourth-order valence-corrected chi connectivity index (χ4v) is 2.53. The van der Waals surface area contributed by atoms with Gasteiger partial charge in [0, 0.05) is 25.2 Å². The van der Waals surface area contributed by atoms with Crippen LogP contribution in [0.2, 0.25) is 0 Å². The standard InChI is InChI=1S/C14H21NO/c1-12(13-6-3-2-4-7-13)15-10-9-14(15)8-5-11-16/h2-4,6-7,12,14,16H,5,8-11H2,1H3. The average molecular weight is 219 g/mol. The molecule has 0 aliphatic carbocycles. The molecule has 1 heterocycles. The fourth-order valence-electron chi connectivity index (χ4n) is 2.53. The van der Waals surface area contributed by atoms with Crippen molar-refractivity contribution < 1.29 is 5.11 Å². The van der Waals surface area contributed by atoms with Gasteiger partial charge in [0.1, 0.15) is 0 Å². The minimum Gasteiger partial charge on any atom is -0.396 e. The van der Waals surface area contributed by atoms with Gasteiger partial charge in [-0.2, -0.15) is 0 Å². The topological polar surface area (TPSA) is 23.5 Å². The molecule has 1 aliphatic heterocycles. The number of rotatable bonds is 5. The molecule has 0 saturated carbocycles. The molecule has 0 aromatic heterocycles. The second-order valence-electron chi connectivity index (χ2n) is 4.63. The quantitative estimate of drug-likeness (QED) is 0.823. The van der Waals surface area contributed by atoms with Crippen molar-refractivity contribution >= 4 is 0 Å². The van der Waals surface area contributed by atoms with Gasteiger partial charge in [-0.15, -0.1) is 0 Å². The van der Waals surface area contributed by atoms with Crippen LogP contribution in [0.25, 0.3) is 0 Å². The molecule has 0 spiro atoms. The van der Waals surface area contributed by atoms with Crippen LogP contribution >= 0.6 is 0 Å². The zero-order chi connectivity index (χ0) is 11.4. The first-order chi connectivity index (χ1) is 7.83. The second-order valence-corrected chi connectivity index (χ2v) is 4.63. The van der Waals surface area contributed by atoms with Crippen molar-refractivity contribution in [2.75, 3.05) is 13.2 Å². The van der Waals surface area contributed by atoms with Crippen molar-refractivity contribution in [3.05, 3.63) is 35.9 Å². The van der Waals surface area contributed by atoms with Crippen LogP contribution in [0.3, 0.4) is 0 Å². The third kappa shape index (κ3) is 2.45. The van der Waals surface area contributed by atoms with Gasteiger partial charge in [-0.05, 0) is 31.7 Å². The number of nitrogens with zero attached hydrogens (tertiary/aromatic N) is 1. The Hall–Kier alpha value is -0.860. The zero-order valence-electron chi connectivity index (χ0n) is 9.97. The van der Waals surface area contributed by atoms with E-state index in [9.17, 15) is 0 Å². The summed E-state index contributed by atoms with van der Waals surface area (Å²) >= 11 is 0. The molecule has 2 atom stereocenters. The summed E-state index contributed by atoms with van der Waals surface area (Å²) in [6.45, 7) is 3.80. The van der Waals surface area contributed by atoms with Crippen molar-refractivity contribution in [2.24, 2.45) is 0 Å². The van der Waals surface area contributed by atoms with Gasteiger partial charge < -0.3 is 5.11 Å². The van der Waals surface area contributed by atoms with E-state index in [0.717, 1.165) is 12.8 Å². The van der Waals surface area contributed by atoms with Crippen molar-refractivity contribution in [3.8, 4) is 0 Å². The van der Waals surface area contributed by atoms with Crippen LogP contribution in [0.5, 0.6) is 0 Å².